The molecule has 3 rings (SSSR count). The van der Waals surface area contributed by atoms with Crippen LogP contribution in [0.5, 0.6) is 5.75 Å². The van der Waals surface area contributed by atoms with Gasteiger partial charge in [0.25, 0.3) is 0 Å². The Hall–Kier alpha value is -1.84. The molecule has 2 N–H and O–H groups in total. The molecule has 0 radical (unpaired) electrons. The minimum atomic E-state index is 0. The smallest absolute Gasteiger partial charge is 0.191 e. The van der Waals surface area contributed by atoms with Gasteiger partial charge < -0.3 is 20.1 Å². The van der Waals surface area contributed by atoms with Crippen LogP contribution < -0.4 is 15.4 Å². The Morgan fingerprint density at radius 3 is 2.71 bits per heavy atom. The van der Waals surface area contributed by atoms with E-state index in [1.165, 1.54) is 11.1 Å². The fraction of sp³-hybridized carbons (Fsp3) is 0.458. The van der Waals surface area contributed by atoms with Gasteiger partial charge in [-0.3, -0.25) is 9.89 Å². The summed E-state index contributed by atoms with van der Waals surface area (Å²) in [6, 6.07) is 18.7. The number of para-hydroxylation sites is 1. The zero-order valence-corrected chi connectivity index (χ0v) is 20.9. The van der Waals surface area contributed by atoms with Gasteiger partial charge in [-0.2, -0.15) is 0 Å². The Kier molecular flexibility index (Phi) is 11.7. The predicted molar refractivity (Wildman–Crippen MR) is 137 cm³/mol. The summed E-state index contributed by atoms with van der Waals surface area (Å²) in [5.74, 6) is 1.72. The van der Waals surface area contributed by atoms with E-state index in [1.807, 2.05) is 30.3 Å². The predicted octanol–water partition coefficient (Wildman–Crippen LogP) is 3.66. The van der Waals surface area contributed by atoms with E-state index in [2.05, 4.69) is 51.7 Å². The van der Waals surface area contributed by atoms with E-state index in [0.29, 0.717) is 12.7 Å². The van der Waals surface area contributed by atoms with Crippen molar-refractivity contribution in [1.29, 1.82) is 0 Å². The van der Waals surface area contributed by atoms with Crippen LogP contribution in [0.3, 0.4) is 0 Å². The lowest BCUT2D eigenvalue weighted by atomic mass is 10.1. The van der Waals surface area contributed by atoms with E-state index in [-0.39, 0.29) is 24.0 Å². The Balaban J connectivity index is 0.00000341. The van der Waals surface area contributed by atoms with Crippen molar-refractivity contribution in [2.75, 3.05) is 39.9 Å². The summed E-state index contributed by atoms with van der Waals surface area (Å²) in [5.41, 5.74) is 2.59. The van der Waals surface area contributed by atoms with Crippen LogP contribution in [0.4, 0.5) is 0 Å². The molecule has 2 aromatic rings. The van der Waals surface area contributed by atoms with E-state index in [0.717, 1.165) is 57.5 Å². The number of rotatable bonds is 9. The Labute approximate surface area is 203 Å². The van der Waals surface area contributed by atoms with Gasteiger partial charge in [-0.15, -0.1) is 24.0 Å². The number of nitrogens with one attached hydrogen (secondary N) is 2. The van der Waals surface area contributed by atoms with Crippen molar-refractivity contribution in [2.45, 2.75) is 32.5 Å². The second-order valence-corrected chi connectivity index (χ2v) is 7.60. The van der Waals surface area contributed by atoms with Gasteiger partial charge >= 0.3 is 0 Å². The van der Waals surface area contributed by atoms with E-state index < -0.39 is 0 Å². The molecular formula is C24H35IN4O2. The first kappa shape index (κ1) is 25.4. The quantitative estimate of drug-likeness (QED) is 0.221. The van der Waals surface area contributed by atoms with Crippen molar-refractivity contribution in [3.8, 4) is 5.75 Å². The second kappa shape index (κ2) is 14.3. The lowest BCUT2D eigenvalue weighted by Crippen LogP contribution is -2.40. The molecule has 31 heavy (non-hydrogen) atoms. The van der Waals surface area contributed by atoms with Gasteiger partial charge in [0, 0.05) is 39.8 Å². The Bertz CT molecular complexity index is 788. The number of nitrogens with zero attached hydrogens (tertiary/aromatic N) is 2. The third-order valence-corrected chi connectivity index (χ3v) is 5.03. The summed E-state index contributed by atoms with van der Waals surface area (Å²) < 4.78 is 11.4. The number of hydrogen-bond donors (Lipinski definition) is 2. The number of benzene rings is 2. The molecule has 0 saturated carbocycles. The van der Waals surface area contributed by atoms with Crippen molar-refractivity contribution < 1.29 is 9.47 Å². The van der Waals surface area contributed by atoms with Crippen molar-refractivity contribution in [1.82, 2.24) is 15.5 Å². The molecule has 1 aliphatic heterocycles. The molecule has 7 heteroatoms. The van der Waals surface area contributed by atoms with Crippen molar-refractivity contribution in [2.24, 2.45) is 4.99 Å². The molecule has 1 atom stereocenters. The Morgan fingerprint density at radius 2 is 1.94 bits per heavy atom. The average molecular weight is 538 g/mol. The number of halogens is 1. The van der Waals surface area contributed by atoms with Crippen molar-refractivity contribution >= 4 is 29.9 Å². The van der Waals surface area contributed by atoms with Crippen LogP contribution in [0.15, 0.2) is 59.6 Å². The number of guanidine groups is 1. The summed E-state index contributed by atoms with van der Waals surface area (Å²) >= 11 is 0. The fourth-order valence-electron chi connectivity index (χ4n) is 3.52. The van der Waals surface area contributed by atoms with E-state index in [9.17, 15) is 0 Å². The zero-order chi connectivity index (χ0) is 21.0. The maximum atomic E-state index is 5.72. The third-order valence-electron chi connectivity index (χ3n) is 5.03. The molecule has 0 spiro atoms. The molecule has 1 aliphatic rings. The molecule has 1 fully saturated rings. The molecule has 1 unspecified atom stereocenters. The van der Waals surface area contributed by atoms with E-state index in [1.54, 1.807) is 7.05 Å². The van der Waals surface area contributed by atoms with Crippen LogP contribution in [0, 0.1) is 0 Å². The molecule has 0 aliphatic carbocycles. The van der Waals surface area contributed by atoms with Crippen molar-refractivity contribution in [3.05, 3.63) is 65.7 Å². The lowest BCUT2D eigenvalue weighted by molar-refractivity contribution is -0.0212. The topological polar surface area (TPSA) is 58.1 Å². The van der Waals surface area contributed by atoms with E-state index in [4.69, 9.17) is 9.47 Å². The highest BCUT2D eigenvalue weighted by atomic mass is 127. The summed E-state index contributed by atoms with van der Waals surface area (Å²) in [4.78, 5) is 6.77. The van der Waals surface area contributed by atoms with Crippen LogP contribution in [-0.2, 0) is 17.8 Å². The minimum absolute atomic E-state index is 0. The second-order valence-electron chi connectivity index (χ2n) is 7.60. The monoisotopic (exact) mass is 538 g/mol. The van der Waals surface area contributed by atoms with Gasteiger partial charge in [-0.25, -0.2) is 0 Å². The molecule has 1 heterocycles. The number of ether oxygens (including phenoxy) is 2. The van der Waals surface area contributed by atoms with Crippen LogP contribution >= 0.6 is 24.0 Å². The SMILES string of the molecule is CN=C(NCCCOc1ccccc1)NCc1cccc(CN2CCOC(C)C2)c1.I. The van der Waals surface area contributed by atoms with Crippen LogP contribution in [-0.4, -0.2) is 56.9 Å². The van der Waals surface area contributed by atoms with Gasteiger partial charge in [0.2, 0.25) is 0 Å². The molecule has 0 bridgehead atoms. The highest BCUT2D eigenvalue weighted by Gasteiger charge is 2.16. The highest BCUT2D eigenvalue weighted by Crippen LogP contribution is 2.12. The molecule has 0 amide bonds. The fourth-order valence-corrected chi connectivity index (χ4v) is 3.52. The average Bonchev–Trinajstić information content (AvgIpc) is 2.77. The molecule has 2 aromatic carbocycles. The molecule has 1 saturated heterocycles. The number of morpholine rings is 1. The summed E-state index contributed by atoms with van der Waals surface area (Å²) in [6.07, 6.45) is 1.22. The van der Waals surface area contributed by atoms with Crippen LogP contribution in [0.2, 0.25) is 0 Å². The van der Waals surface area contributed by atoms with Gasteiger partial charge in [0.1, 0.15) is 5.75 Å². The molecular weight excluding hydrogens is 503 g/mol. The van der Waals surface area contributed by atoms with Gasteiger partial charge in [0.15, 0.2) is 5.96 Å². The van der Waals surface area contributed by atoms with Gasteiger partial charge in [-0.1, -0.05) is 42.5 Å². The van der Waals surface area contributed by atoms with Crippen LogP contribution in [0.1, 0.15) is 24.5 Å². The Morgan fingerprint density at radius 1 is 1.13 bits per heavy atom. The summed E-state index contributed by atoms with van der Waals surface area (Å²) in [7, 11) is 1.80. The minimum Gasteiger partial charge on any atom is -0.494 e. The van der Waals surface area contributed by atoms with Gasteiger partial charge in [-0.05, 0) is 36.6 Å². The lowest BCUT2D eigenvalue weighted by Gasteiger charge is -2.31. The van der Waals surface area contributed by atoms with Crippen LogP contribution in [0.25, 0.3) is 0 Å². The molecule has 6 nitrogen and oxygen atoms in total. The summed E-state index contributed by atoms with van der Waals surface area (Å²) in [5, 5.41) is 6.74. The standard InChI is InChI=1S/C24H34N4O2.HI/c1-20-18-28(13-15-29-20)19-22-9-6-8-21(16-22)17-27-24(25-2)26-12-7-14-30-23-10-4-3-5-11-23;/h3-6,8-11,16,20H,7,12-15,17-19H2,1-2H3,(H2,25,26,27);1H. The molecule has 0 aromatic heterocycles. The first-order valence-corrected chi connectivity index (χ1v) is 10.8. The zero-order valence-electron chi connectivity index (χ0n) is 18.5. The number of aliphatic imine (C=N–C) groups is 1. The first-order valence-electron chi connectivity index (χ1n) is 10.8. The normalized spacial score (nSPS) is 17.0. The largest absolute Gasteiger partial charge is 0.494 e. The first-order chi connectivity index (χ1) is 14.7. The van der Waals surface area contributed by atoms with Gasteiger partial charge in [0.05, 0.1) is 19.3 Å². The van der Waals surface area contributed by atoms with Crippen molar-refractivity contribution in [3.63, 3.8) is 0 Å². The van der Waals surface area contributed by atoms with E-state index >= 15 is 0 Å². The number of hydrogen-bond acceptors (Lipinski definition) is 4. The third kappa shape index (κ3) is 9.45. The summed E-state index contributed by atoms with van der Waals surface area (Å²) in [6.45, 7) is 8.14. The maximum Gasteiger partial charge on any atom is 0.191 e. The molecule has 170 valence electrons. The highest BCUT2D eigenvalue weighted by molar-refractivity contribution is 14.0. The maximum absolute atomic E-state index is 5.72.